The van der Waals surface area contributed by atoms with E-state index in [-0.39, 0.29) is 5.97 Å². The third-order valence-corrected chi connectivity index (χ3v) is 6.33. The van der Waals surface area contributed by atoms with Crippen LogP contribution in [0.5, 0.6) is 0 Å². The van der Waals surface area contributed by atoms with Gasteiger partial charge in [0.05, 0.1) is 7.11 Å². The molecule has 4 heteroatoms. The Morgan fingerprint density at radius 3 is 2.57 bits per heavy atom. The van der Waals surface area contributed by atoms with Crippen molar-refractivity contribution in [3.63, 3.8) is 0 Å². The smallest absolute Gasteiger partial charge is 0.327 e. The number of hydrogen-bond donors (Lipinski definition) is 1. The van der Waals surface area contributed by atoms with Crippen LogP contribution in [0.2, 0.25) is 0 Å². The summed E-state index contributed by atoms with van der Waals surface area (Å²) < 4.78 is 5.16. The lowest BCUT2D eigenvalue weighted by Crippen LogP contribution is -2.59. The van der Waals surface area contributed by atoms with Crippen LogP contribution in [0.15, 0.2) is 0 Å². The maximum Gasteiger partial charge on any atom is 0.327 e. The third kappa shape index (κ3) is 4.38. The van der Waals surface area contributed by atoms with Gasteiger partial charge >= 0.3 is 5.97 Å². The molecule has 2 aliphatic carbocycles. The molecule has 2 aliphatic rings. The molecule has 0 spiro atoms. The zero-order chi connectivity index (χ0) is 15.5. The van der Waals surface area contributed by atoms with E-state index < -0.39 is 5.54 Å². The first-order valence-corrected chi connectivity index (χ1v) is 9.50. The Morgan fingerprint density at radius 2 is 2.05 bits per heavy atom. The fourth-order valence-electron chi connectivity index (χ4n) is 3.61. The second-order valence-electron chi connectivity index (χ2n) is 7.24. The van der Waals surface area contributed by atoms with Gasteiger partial charge in [0.1, 0.15) is 5.54 Å². The first-order valence-electron chi connectivity index (χ1n) is 8.45. The van der Waals surface area contributed by atoms with E-state index in [0.29, 0.717) is 17.2 Å². The Hall–Kier alpha value is -0.220. The van der Waals surface area contributed by atoms with E-state index in [1.165, 1.54) is 32.8 Å². The molecule has 2 rings (SSSR count). The average Bonchev–Trinajstić information content (AvgIpc) is 3.27. The number of esters is 1. The zero-order valence-corrected chi connectivity index (χ0v) is 14.8. The normalized spacial score (nSPS) is 29.2. The zero-order valence-electron chi connectivity index (χ0n) is 14.0. The van der Waals surface area contributed by atoms with Crippen LogP contribution in [-0.2, 0) is 9.53 Å². The molecule has 3 unspecified atom stereocenters. The first-order chi connectivity index (χ1) is 9.98. The Morgan fingerprint density at radius 1 is 1.33 bits per heavy atom. The molecule has 0 saturated heterocycles. The number of carbonyl (C=O) groups excluding carboxylic acids is 1. The van der Waals surface area contributed by atoms with Crippen LogP contribution in [0.1, 0.15) is 59.3 Å². The summed E-state index contributed by atoms with van der Waals surface area (Å²) >= 11 is 2.00. The second kappa shape index (κ2) is 7.36. The highest BCUT2D eigenvalue weighted by Gasteiger charge is 2.52. The molecular weight excluding hydrogens is 282 g/mol. The predicted octanol–water partition coefficient (Wildman–Crippen LogP) is 3.62. The number of carbonyl (C=O) groups is 1. The molecule has 0 aromatic rings. The molecule has 0 aromatic carbocycles. The summed E-state index contributed by atoms with van der Waals surface area (Å²) in [6, 6.07) is 0.301. The summed E-state index contributed by atoms with van der Waals surface area (Å²) in [5.74, 6) is 2.10. The summed E-state index contributed by atoms with van der Waals surface area (Å²) in [5, 5.41) is 4.27. The van der Waals surface area contributed by atoms with E-state index >= 15 is 0 Å². The Bertz CT molecular complexity index is 357. The highest BCUT2D eigenvalue weighted by Crippen LogP contribution is 2.44. The molecule has 2 fully saturated rings. The lowest BCUT2D eigenvalue weighted by atomic mass is 9.90. The van der Waals surface area contributed by atoms with E-state index in [1.54, 1.807) is 0 Å². The van der Waals surface area contributed by atoms with Crippen molar-refractivity contribution in [3.05, 3.63) is 0 Å². The number of rotatable bonds is 7. The molecule has 0 aromatic heterocycles. The van der Waals surface area contributed by atoms with Crippen LogP contribution in [0.4, 0.5) is 0 Å². The van der Waals surface area contributed by atoms with Gasteiger partial charge in [0.25, 0.3) is 0 Å². The van der Waals surface area contributed by atoms with Crippen LogP contribution in [0.25, 0.3) is 0 Å². The minimum absolute atomic E-state index is 0.0601. The van der Waals surface area contributed by atoms with Crippen molar-refractivity contribution in [3.8, 4) is 0 Å². The van der Waals surface area contributed by atoms with Gasteiger partial charge in [0.2, 0.25) is 0 Å². The van der Waals surface area contributed by atoms with Gasteiger partial charge < -0.3 is 4.74 Å². The van der Waals surface area contributed by atoms with Crippen molar-refractivity contribution in [1.82, 2.24) is 5.32 Å². The van der Waals surface area contributed by atoms with Crippen LogP contribution < -0.4 is 5.32 Å². The quantitative estimate of drug-likeness (QED) is 0.729. The highest BCUT2D eigenvalue weighted by molar-refractivity contribution is 8.00. The number of thioether (sulfide) groups is 1. The van der Waals surface area contributed by atoms with Crippen LogP contribution >= 0.6 is 11.8 Å². The fraction of sp³-hybridized carbons (Fsp3) is 0.941. The van der Waals surface area contributed by atoms with E-state index in [1.807, 2.05) is 11.8 Å². The minimum Gasteiger partial charge on any atom is -0.468 e. The summed E-state index contributed by atoms with van der Waals surface area (Å²) in [6.45, 7) is 6.59. The molecule has 0 radical (unpaired) electrons. The minimum atomic E-state index is -0.464. The molecular formula is C17H31NO2S. The van der Waals surface area contributed by atoms with Gasteiger partial charge in [0, 0.05) is 17.0 Å². The Kier molecular flexibility index (Phi) is 6.01. The lowest BCUT2D eigenvalue weighted by Gasteiger charge is -2.36. The fourth-order valence-corrected chi connectivity index (χ4v) is 5.35. The van der Waals surface area contributed by atoms with Crippen molar-refractivity contribution < 1.29 is 9.53 Å². The SMILES string of the molecule is COC(=O)C(CSC1CCCC(C)C1)(NC(C)C)C1CC1. The van der Waals surface area contributed by atoms with E-state index in [9.17, 15) is 4.79 Å². The second-order valence-corrected chi connectivity index (χ2v) is 8.53. The first kappa shape index (κ1) is 17.1. The van der Waals surface area contributed by atoms with Crippen LogP contribution in [0.3, 0.4) is 0 Å². The Labute approximate surface area is 134 Å². The number of nitrogens with one attached hydrogen (secondary N) is 1. The van der Waals surface area contributed by atoms with Gasteiger partial charge in [-0.1, -0.05) is 19.8 Å². The number of hydrogen-bond acceptors (Lipinski definition) is 4. The van der Waals surface area contributed by atoms with Crippen molar-refractivity contribution in [1.29, 1.82) is 0 Å². The van der Waals surface area contributed by atoms with Crippen LogP contribution in [0, 0.1) is 11.8 Å². The molecule has 3 nitrogen and oxygen atoms in total. The summed E-state index contributed by atoms with van der Waals surface area (Å²) in [4.78, 5) is 12.5. The van der Waals surface area contributed by atoms with Crippen LogP contribution in [-0.4, -0.2) is 35.7 Å². The van der Waals surface area contributed by atoms with Gasteiger partial charge in [-0.3, -0.25) is 10.1 Å². The molecule has 3 atom stereocenters. The van der Waals surface area contributed by atoms with Gasteiger partial charge in [-0.25, -0.2) is 0 Å². The summed E-state index contributed by atoms with van der Waals surface area (Å²) in [6.07, 6.45) is 7.61. The third-order valence-electron chi connectivity index (χ3n) is 4.81. The molecule has 0 heterocycles. The standard InChI is InChI=1S/C17H31NO2S/c1-12(2)18-17(14-8-9-14,16(19)20-4)11-21-15-7-5-6-13(3)10-15/h12-15,18H,5-11H2,1-4H3. The van der Waals surface area contributed by atoms with Crippen molar-refractivity contribution >= 4 is 17.7 Å². The predicted molar refractivity (Wildman–Crippen MR) is 89.6 cm³/mol. The molecule has 2 saturated carbocycles. The van der Waals surface area contributed by atoms with Gasteiger partial charge in [-0.05, 0) is 51.4 Å². The molecule has 0 aliphatic heterocycles. The van der Waals surface area contributed by atoms with Crippen molar-refractivity contribution in [2.24, 2.45) is 11.8 Å². The summed E-state index contributed by atoms with van der Waals surface area (Å²) in [7, 11) is 1.52. The highest BCUT2D eigenvalue weighted by atomic mass is 32.2. The van der Waals surface area contributed by atoms with E-state index in [0.717, 1.165) is 24.5 Å². The molecule has 122 valence electrons. The molecule has 0 amide bonds. The summed E-state index contributed by atoms with van der Waals surface area (Å²) in [5.41, 5.74) is -0.464. The molecule has 0 bridgehead atoms. The maximum absolute atomic E-state index is 12.5. The average molecular weight is 314 g/mol. The van der Waals surface area contributed by atoms with Gasteiger partial charge in [0.15, 0.2) is 0 Å². The largest absolute Gasteiger partial charge is 0.468 e. The monoisotopic (exact) mass is 313 g/mol. The molecule has 1 N–H and O–H groups in total. The number of ether oxygens (including phenoxy) is 1. The topological polar surface area (TPSA) is 38.3 Å². The maximum atomic E-state index is 12.5. The van der Waals surface area contributed by atoms with E-state index in [2.05, 4.69) is 26.1 Å². The van der Waals surface area contributed by atoms with Gasteiger partial charge in [-0.2, -0.15) is 11.8 Å². The van der Waals surface area contributed by atoms with E-state index in [4.69, 9.17) is 4.74 Å². The van der Waals surface area contributed by atoms with Crippen molar-refractivity contribution in [2.45, 2.75) is 76.1 Å². The van der Waals surface area contributed by atoms with Gasteiger partial charge in [-0.15, -0.1) is 0 Å². The Balaban J connectivity index is 2.02. The lowest BCUT2D eigenvalue weighted by molar-refractivity contribution is -0.149. The van der Waals surface area contributed by atoms with Crippen molar-refractivity contribution in [2.75, 3.05) is 12.9 Å². The molecule has 21 heavy (non-hydrogen) atoms. The number of methoxy groups -OCH3 is 1.